The maximum atomic E-state index is 12.3. The molecular weight excluding hydrogens is 518 g/mol. The first-order valence-corrected chi connectivity index (χ1v) is 12.8. The van der Waals surface area contributed by atoms with E-state index in [1.165, 1.54) is 11.6 Å². The van der Waals surface area contributed by atoms with E-state index in [1.54, 1.807) is 12.1 Å². The van der Waals surface area contributed by atoms with Gasteiger partial charge >= 0.3 is 0 Å². The Labute approximate surface area is 230 Å². The van der Waals surface area contributed by atoms with Crippen LogP contribution in [0.2, 0.25) is 5.02 Å². The number of nitrogens with one attached hydrogen (secondary N) is 2. The van der Waals surface area contributed by atoms with Gasteiger partial charge in [-0.05, 0) is 97.4 Å². The molecule has 0 radical (unpaired) electrons. The summed E-state index contributed by atoms with van der Waals surface area (Å²) in [5, 5.41) is 6.48. The van der Waals surface area contributed by atoms with Crippen molar-refractivity contribution in [3.05, 3.63) is 101 Å². The number of fused-ring (bicyclic) bond motifs is 1. The maximum absolute atomic E-state index is 12.3. The molecule has 0 saturated carbocycles. The molecule has 0 spiro atoms. The van der Waals surface area contributed by atoms with Crippen molar-refractivity contribution in [2.45, 2.75) is 20.3 Å². The van der Waals surface area contributed by atoms with Gasteiger partial charge < -0.3 is 14.2 Å². The Bertz CT molecular complexity index is 1670. The molecule has 2 N–H and O–H groups in total. The minimum absolute atomic E-state index is 0.177. The predicted octanol–water partition coefficient (Wildman–Crippen LogP) is 7.81. The Morgan fingerprint density at radius 3 is 2.55 bits per heavy atom. The molecule has 5 aromatic rings. The van der Waals surface area contributed by atoms with Crippen molar-refractivity contribution in [2.75, 3.05) is 5.32 Å². The number of carbonyl (C=O) groups is 1. The fraction of sp³-hybridized carbons (Fsp3) is 0.100. The van der Waals surface area contributed by atoms with Crippen molar-refractivity contribution >= 4 is 57.7 Å². The number of carbonyl (C=O) groups excluding carboxylic acids is 1. The molecule has 5 rings (SSSR count). The standard InChI is InChI=1S/C30H24ClN3O3S/c1-3-19-5-13-27-25(16-19)33-29(37-27)20-7-9-22(10-8-20)32-30(38)34-28(35)15-12-23-11-14-26(36-23)21-6-4-18(2)24(31)17-21/h4-17H,3H2,1-2H3,(H2,32,34,35,38)/b15-12+. The number of aryl methyl sites for hydroxylation is 2. The lowest BCUT2D eigenvalue weighted by Crippen LogP contribution is -2.32. The molecule has 0 saturated heterocycles. The highest BCUT2D eigenvalue weighted by molar-refractivity contribution is 7.80. The largest absolute Gasteiger partial charge is 0.457 e. The quantitative estimate of drug-likeness (QED) is 0.168. The highest BCUT2D eigenvalue weighted by Crippen LogP contribution is 2.28. The number of rotatable bonds is 6. The van der Waals surface area contributed by atoms with Crippen molar-refractivity contribution in [1.82, 2.24) is 10.3 Å². The highest BCUT2D eigenvalue weighted by Gasteiger charge is 2.10. The van der Waals surface area contributed by atoms with Crippen molar-refractivity contribution in [3.63, 3.8) is 0 Å². The van der Waals surface area contributed by atoms with Gasteiger partial charge in [-0.25, -0.2) is 4.98 Å². The minimum atomic E-state index is -0.381. The maximum Gasteiger partial charge on any atom is 0.250 e. The van der Waals surface area contributed by atoms with E-state index < -0.39 is 0 Å². The third-order valence-corrected chi connectivity index (χ3v) is 6.58. The van der Waals surface area contributed by atoms with Gasteiger partial charge in [0.1, 0.15) is 17.0 Å². The Morgan fingerprint density at radius 2 is 1.79 bits per heavy atom. The number of halogens is 1. The number of hydrogen-bond acceptors (Lipinski definition) is 5. The average molecular weight is 542 g/mol. The molecule has 0 atom stereocenters. The Hall–Kier alpha value is -4.20. The number of nitrogens with zero attached hydrogens (tertiary/aromatic N) is 1. The molecule has 38 heavy (non-hydrogen) atoms. The lowest BCUT2D eigenvalue weighted by atomic mass is 10.1. The van der Waals surface area contributed by atoms with E-state index in [2.05, 4.69) is 22.5 Å². The summed E-state index contributed by atoms with van der Waals surface area (Å²) in [5.74, 6) is 1.36. The number of furan rings is 1. The van der Waals surface area contributed by atoms with Gasteiger partial charge in [-0.2, -0.15) is 0 Å². The van der Waals surface area contributed by atoms with Gasteiger partial charge in [-0.1, -0.05) is 36.7 Å². The first-order valence-electron chi connectivity index (χ1n) is 12.0. The van der Waals surface area contributed by atoms with Crippen LogP contribution in [0.25, 0.3) is 40.0 Å². The number of anilines is 1. The summed E-state index contributed by atoms with van der Waals surface area (Å²) < 4.78 is 11.7. The van der Waals surface area contributed by atoms with E-state index in [0.717, 1.165) is 39.9 Å². The molecule has 8 heteroatoms. The molecule has 0 aliphatic rings. The van der Waals surface area contributed by atoms with Gasteiger partial charge in [-0.15, -0.1) is 0 Å². The van der Waals surface area contributed by atoms with Crippen LogP contribution in [0.15, 0.2) is 87.7 Å². The van der Waals surface area contributed by atoms with Gasteiger partial charge in [0.05, 0.1) is 0 Å². The Balaban J connectivity index is 1.17. The summed E-state index contributed by atoms with van der Waals surface area (Å²) in [6.45, 7) is 4.05. The third-order valence-electron chi connectivity index (χ3n) is 5.97. The number of amides is 1. The predicted molar refractivity (Wildman–Crippen MR) is 156 cm³/mol. The van der Waals surface area contributed by atoms with Crippen molar-refractivity contribution in [3.8, 4) is 22.8 Å². The van der Waals surface area contributed by atoms with Crippen LogP contribution in [0.5, 0.6) is 0 Å². The SMILES string of the molecule is CCc1ccc2oc(-c3ccc(NC(=S)NC(=O)/C=C/c4ccc(-c5ccc(C)c(Cl)c5)o4)cc3)nc2c1. The fourth-order valence-electron chi connectivity index (χ4n) is 3.83. The molecule has 6 nitrogen and oxygen atoms in total. The molecule has 0 unspecified atom stereocenters. The number of oxazole rings is 1. The second-order valence-corrected chi connectivity index (χ2v) is 9.51. The van der Waals surface area contributed by atoms with Gasteiger partial charge in [0.2, 0.25) is 11.8 Å². The summed E-state index contributed by atoms with van der Waals surface area (Å²) in [7, 11) is 0. The van der Waals surface area contributed by atoms with Gasteiger partial charge in [-0.3, -0.25) is 10.1 Å². The molecule has 0 bridgehead atoms. The summed E-state index contributed by atoms with van der Waals surface area (Å²) in [6.07, 6.45) is 3.88. The second kappa shape index (κ2) is 11.0. The van der Waals surface area contributed by atoms with E-state index in [1.807, 2.05) is 73.7 Å². The Kier molecular flexibility index (Phi) is 7.40. The first-order chi connectivity index (χ1) is 18.4. The highest BCUT2D eigenvalue weighted by atomic mass is 35.5. The molecule has 2 heterocycles. The van der Waals surface area contributed by atoms with Crippen molar-refractivity contribution in [2.24, 2.45) is 0 Å². The third kappa shape index (κ3) is 5.85. The number of hydrogen-bond donors (Lipinski definition) is 2. The zero-order chi connectivity index (χ0) is 26.6. The second-order valence-electron chi connectivity index (χ2n) is 8.69. The van der Waals surface area contributed by atoms with Crippen LogP contribution in [0.4, 0.5) is 5.69 Å². The van der Waals surface area contributed by atoms with Gasteiger partial charge in [0, 0.05) is 27.9 Å². The molecule has 3 aromatic carbocycles. The van der Waals surface area contributed by atoms with Crippen LogP contribution < -0.4 is 10.6 Å². The number of benzene rings is 3. The van der Waals surface area contributed by atoms with E-state index in [4.69, 9.17) is 32.7 Å². The molecule has 1 amide bonds. The summed E-state index contributed by atoms with van der Waals surface area (Å²) in [5.41, 5.74) is 6.22. The van der Waals surface area contributed by atoms with E-state index in [0.29, 0.717) is 22.4 Å². The molecule has 0 aliphatic carbocycles. The average Bonchev–Trinajstić information content (AvgIpc) is 3.56. The molecule has 0 fully saturated rings. The molecule has 2 aromatic heterocycles. The number of thiocarbonyl (C=S) groups is 1. The summed E-state index contributed by atoms with van der Waals surface area (Å²) >= 11 is 11.5. The summed E-state index contributed by atoms with van der Waals surface area (Å²) in [4.78, 5) is 16.9. The smallest absolute Gasteiger partial charge is 0.250 e. The van der Waals surface area contributed by atoms with Crippen molar-refractivity contribution < 1.29 is 13.6 Å². The number of aromatic nitrogens is 1. The minimum Gasteiger partial charge on any atom is -0.457 e. The van der Waals surface area contributed by atoms with Crippen LogP contribution >= 0.6 is 23.8 Å². The van der Waals surface area contributed by atoms with E-state index in [9.17, 15) is 4.79 Å². The monoisotopic (exact) mass is 541 g/mol. The van der Waals surface area contributed by atoms with Crippen LogP contribution in [0.1, 0.15) is 23.8 Å². The first kappa shape index (κ1) is 25.4. The lowest BCUT2D eigenvalue weighted by Gasteiger charge is -2.08. The summed E-state index contributed by atoms with van der Waals surface area (Å²) in [6, 6.07) is 22.8. The van der Waals surface area contributed by atoms with Gasteiger partial charge in [0.15, 0.2) is 10.7 Å². The van der Waals surface area contributed by atoms with Crippen LogP contribution in [0.3, 0.4) is 0 Å². The van der Waals surface area contributed by atoms with Crippen molar-refractivity contribution in [1.29, 1.82) is 0 Å². The van der Waals surface area contributed by atoms with Crippen LogP contribution in [-0.2, 0) is 11.2 Å². The zero-order valence-corrected chi connectivity index (χ0v) is 22.3. The van der Waals surface area contributed by atoms with E-state index in [-0.39, 0.29) is 11.0 Å². The fourth-order valence-corrected chi connectivity index (χ4v) is 4.23. The molecule has 190 valence electrons. The lowest BCUT2D eigenvalue weighted by molar-refractivity contribution is -0.115. The Morgan fingerprint density at radius 1 is 1.00 bits per heavy atom. The van der Waals surface area contributed by atoms with Gasteiger partial charge in [0.25, 0.3) is 0 Å². The molecular formula is C30H24ClN3O3S. The van der Waals surface area contributed by atoms with Crippen LogP contribution in [0, 0.1) is 6.92 Å². The topological polar surface area (TPSA) is 80.3 Å². The zero-order valence-electron chi connectivity index (χ0n) is 20.7. The normalized spacial score (nSPS) is 11.2. The van der Waals surface area contributed by atoms with Crippen LogP contribution in [-0.4, -0.2) is 16.0 Å². The van der Waals surface area contributed by atoms with E-state index >= 15 is 0 Å². The molecule has 0 aliphatic heterocycles.